The molecule has 20 heavy (non-hydrogen) atoms. The predicted molar refractivity (Wildman–Crippen MR) is 78.1 cm³/mol. The van der Waals surface area contributed by atoms with Gasteiger partial charge in [0.1, 0.15) is 11.6 Å². The van der Waals surface area contributed by atoms with Gasteiger partial charge in [0.25, 0.3) is 5.56 Å². The summed E-state index contributed by atoms with van der Waals surface area (Å²) in [5.74, 6) is 0. The Kier molecular flexibility index (Phi) is 3.57. The Labute approximate surface area is 117 Å². The monoisotopic (exact) mass is 268 g/mol. The molecular weight excluding hydrogens is 252 g/mol. The number of nitrogens with one attached hydrogen (secondary N) is 1. The maximum Gasteiger partial charge on any atom is 0.289 e. The van der Waals surface area contributed by atoms with Crippen molar-refractivity contribution < 1.29 is 0 Å². The molecule has 0 saturated carbocycles. The standard InChI is InChI=1S/C15H16N4O/c1-9-5-11(3)19(15(20)14(9)7-16)17-8-13-6-10(2)18-12(13)4/h5-6,8,18H,1-4H3. The summed E-state index contributed by atoms with van der Waals surface area (Å²) in [6, 6.07) is 5.67. The van der Waals surface area contributed by atoms with Crippen LogP contribution in [0.2, 0.25) is 0 Å². The minimum Gasteiger partial charge on any atom is -0.362 e. The summed E-state index contributed by atoms with van der Waals surface area (Å²) in [5.41, 5.74) is 4.08. The zero-order valence-corrected chi connectivity index (χ0v) is 12.0. The maximum absolute atomic E-state index is 12.2. The first kappa shape index (κ1) is 13.8. The van der Waals surface area contributed by atoms with Crippen LogP contribution in [-0.2, 0) is 0 Å². The van der Waals surface area contributed by atoms with Gasteiger partial charge < -0.3 is 4.98 Å². The maximum atomic E-state index is 12.2. The summed E-state index contributed by atoms with van der Waals surface area (Å²) in [5, 5.41) is 13.2. The third-order valence-electron chi connectivity index (χ3n) is 3.17. The van der Waals surface area contributed by atoms with E-state index in [-0.39, 0.29) is 11.1 Å². The molecule has 1 N–H and O–H groups in total. The Bertz CT molecular complexity index is 787. The molecule has 5 heteroatoms. The van der Waals surface area contributed by atoms with Gasteiger partial charge >= 0.3 is 0 Å². The number of aryl methyl sites for hydroxylation is 4. The number of H-pyrrole nitrogens is 1. The van der Waals surface area contributed by atoms with Gasteiger partial charge in [-0.2, -0.15) is 10.4 Å². The van der Waals surface area contributed by atoms with E-state index in [0.717, 1.165) is 17.0 Å². The molecule has 102 valence electrons. The zero-order valence-electron chi connectivity index (χ0n) is 12.0. The van der Waals surface area contributed by atoms with Crippen molar-refractivity contribution in [2.75, 3.05) is 0 Å². The van der Waals surface area contributed by atoms with Crippen LogP contribution >= 0.6 is 0 Å². The Morgan fingerprint density at radius 2 is 2.00 bits per heavy atom. The molecule has 0 radical (unpaired) electrons. The third-order valence-corrected chi connectivity index (χ3v) is 3.17. The molecule has 2 aromatic heterocycles. The third kappa shape index (κ3) is 2.41. The molecule has 0 aliphatic heterocycles. The average Bonchev–Trinajstić information content (AvgIpc) is 2.67. The fourth-order valence-electron chi connectivity index (χ4n) is 2.16. The van der Waals surface area contributed by atoms with Gasteiger partial charge in [-0.1, -0.05) is 0 Å². The van der Waals surface area contributed by atoms with Gasteiger partial charge in [-0.25, -0.2) is 4.68 Å². The van der Waals surface area contributed by atoms with E-state index >= 15 is 0 Å². The molecular formula is C15H16N4O. The Morgan fingerprint density at radius 1 is 1.30 bits per heavy atom. The van der Waals surface area contributed by atoms with Crippen molar-refractivity contribution in [3.8, 4) is 6.07 Å². The summed E-state index contributed by atoms with van der Waals surface area (Å²) < 4.78 is 1.26. The molecule has 0 amide bonds. The van der Waals surface area contributed by atoms with Gasteiger partial charge in [-0.05, 0) is 45.4 Å². The van der Waals surface area contributed by atoms with Crippen molar-refractivity contribution in [3.05, 3.63) is 56.3 Å². The van der Waals surface area contributed by atoms with E-state index in [2.05, 4.69) is 10.1 Å². The van der Waals surface area contributed by atoms with E-state index in [1.807, 2.05) is 26.0 Å². The SMILES string of the molecule is Cc1cc(C=Nn2c(C)cc(C)c(C#N)c2=O)c(C)[nH]1. The zero-order chi connectivity index (χ0) is 14.9. The molecule has 2 heterocycles. The van der Waals surface area contributed by atoms with Crippen LogP contribution in [0.3, 0.4) is 0 Å². The molecule has 0 atom stereocenters. The van der Waals surface area contributed by atoms with E-state index in [9.17, 15) is 4.79 Å². The normalized spacial score (nSPS) is 10.9. The summed E-state index contributed by atoms with van der Waals surface area (Å²) in [4.78, 5) is 15.3. The van der Waals surface area contributed by atoms with Crippen molar-refractivity contribution in [2.24, 2.45) is 5.10 Å². The molecule has 0 saturated heterocycles. The molecule has 0 unspecified atom stereocenters. The number of nitriles is 1. The van der Waals surface area contributed by atoms with Gasteiger partial charge in [0.2, 0.25) is 0 Å². The summed E-state index contributed by atoms with van der Waals surface area (Å²) in [6.07, 6.45) is 1.63. The minimum atomic E-state index is -0.383. The van der Waals surface area contributed by atoms with Crippen LogP contribution in [0.15, 0.2) is 22.0 Å². The van der Waals surface area contributed by atoms with Crippen LogP contribution in [-0.4, -0.2) is 15.9 Å². The van der Waals surface area contributed by atoms with Crippen molar-refractivity contribution in [1.82, 2.24) is 9.66 Å². The Morgan fingerprint density at radius 3 is 2.55 bits per heavy atom. The highest BCUT2D eigenvalue weighted by Crippen LogP contribution is 2.08. The number of nitrogens with zero attached hydrogens (tertiary/aromatic N) is 3. The molecule has 5 nitrogen and oxygen atoms in total. The first-order chi connectivity index (χ1) is 9.43. The predicted octanol–water partition coefficient (Wildman–Crippen LogP) is 2.16. The van der Waals surface area contributed by atoms with E-state index in [4.69, 9.17) is 5.26 Å². The van der Waals surface area contributed by atoms with Crippen molar-refractivity contribution in [2.45, 2.75) is 27.7 Å². The molecule has 2 aromatic rings. The second-order valence-electron chi connectivity index (χ2n) is 4.85. The topological polar surface area (TPSA) is 73.9 Å². The molecule has 0 fully saturated rings. The highest BCUT2D eigenvalue weighted by molar-refractivity contribution is 5.81. The molecule has 0 spiro atoms. The summed E-state index contributed by atoms with van der Waals surface area (Å²) in [7, 11) is 0. The van der Waals surface area contributed by atoms with Gasteiger partial charge in [-0.3, -0.25) is 4.79 Å². The van der Waals surface area contributed by atoms with Crippen molar-refractivity contribution >= 4 is 6.21 Å². The lowest BCUT2D eigenvalue weighted by Crippen LogP contribution is -2.22. The first-order valence-electron chi connectivity index (χ1n) is 6.28. The van der Waals surface area contributed by atoms with Crippen LogP contribution in [0.25, 0.3) is 0 Å². The fraction of sp³-hybridized carbons (Fsp3) is 0.267. The lowest BCUT2D eigenvalue weighted by atomic mass is 10.1. The second kappa shape index (κ2) is 5.17. The average molecular weight is 268 g/mol. The second-order valence-corrected chi connectivity index (χ2v) is 4.85. The lowest BCUT2D eigenvalue weighted by Gasteiger charge is -2.06. The van der Waals surface area contributed by atoms with Gasteiger partial charge in [0.05, 0.1) is 6.21 Å². The van der Waals surface area contributed by atoms with Gasteiger partial charge in [-0.15, -0.1) is 0 Å². The van der Waals surface area contributed by atoms with Crippen molar-refractivity contribution in [1.29, 1.82) is 5.26 Å². The van der Waals surface area contributed by atoms with Crippen LogP contribution in [0.4, 0.5) is 0 Å². The minimum absolute atomic E-state index is 0.134. The number of aromatic nitrogens is 2. The van der Waals surface area contributed by atoms with Gasteiger partial charge in [0, 0.05) is 22.6 Å². The van der Waals surface area contributed by atoms with Crippen LogP contribution in [0, 0.1) is 39.0 Å². The number of aromatic amines is 1. The largest absolute Gasteiger partial charge is 0.362 e. The lowest BCUT2D eigenvalue weighted by molar-refractivity contribution is 0.786. The fourth-order valence-corrected chi connectivity index (χ4v) is 2.16. The van der Waals surface area contributed by atoms with E-state index < -0.39 is 0 Å². The van der Waals surface area contributed by atoms with Crippen molar-refractivity contribution in [3.63, 3.8) is 0 Å². The van der Waals surface area contributed by atoms with Crippen LogP contribution in [0.1, 0.15) is 33.8 Å². The number of pyridine rings is 1. The quantitative estimate of drug-likeness (QED) is 0.847. The Hall–Kier alpha value is -2.61. The molecule has 0 aliphatic rings. The van der Waals surface area contributed by atoms with E-state index in [1.165, 1.54) is 4.68 Å². The smallest absolute Gasteiger partial charge is 0.289 e. The number of rotatable bonds is 2. The van der Waals surface area contributed by atoms with E-state index in [1.54, 1.807) is 26.1 Å². The Balaban J connectivity index is 2.53. The highest BCUT2D eigenvalue weighted by Gasteiger charge is 2.09. The summed E-state index contributed by atoms with van der Waals surface area (Å²) in [6.45, 7) is 7.45. The first-order valence-corrected chi connectivity index (χ1v) is 6.28. The van der Waals surface area contributed by atoms with Crippen LogP contribution in [0.5, 0.6) is 0 Å². The number of hydrogen-bond acceptors (Lipinski definition) is 3. The molecule has 2 rings (SSSR count). The van der Waals surface area contributed by atoms with Crippen LogP contribution < -0.4 is 5.56 Å². The molecule has 0 aromatic carbocycles. The van der Waals surface area contributed by atoms with E-state index in [0.29, 0.717) is 11.3 Å². The molecule has 0 aliphatic carbocycles. The van der Waals surface area contributed by atoms with Gasteiger partial charge in [0.15, 0.2) is 0 Å². The summed E-state index contributed by atoms with van der Waals surface area (Å²) >= 11 is 0. The number of hydrogen-bond donors (Lipinski definition) is 1. The highest BCUT2D eigenvalue weighted by atomic mass is 16.1. The molecule has 0 bridgehead atoms.